The SMILES string of the molecule is O=C(COc1cccc(Br)c1)N/N=C/c1ccccc1Br. The summed E-state index contributed by atoms with van der Waals surface area (Å²) in [5.41, 5.74) is 3.30. The summed E-state index contributed by atoms with van der Waals surface area (Å²) in [7, 11) is 0. The summed E-state index contributed by atoms with van der Waals surface area (Å²) < 4.78 is 7.16. The van der Waals surface area contributed by atoms with Gasteiger partial charge in [0.05, 0.1) is 6.21 Å². The van der Waals surface area contributed by atoms with Crippen LogP contribution in [0, 0.1) is 0 Å². The van der Waals surface area contributed by atoms with Gasteiger partial charge in [-0.25, -0.2) is 5.43 Å². The van der Waals surface area contributed by atoms with Gasteiger partial charge in [0.2, 0.25) is 0 Å². The van der Waals surface area contributed by atoms with Gasteiger partial charge in [-0.3, -0.25) is 4.79 Å². The smallest absolute Gasteiger partial charge is 0.277 e. The maximum atomic E-state index is 11.6. The second kappa shape index (κ2) is 7.95. The fourth-order valence-electron chi connectivity index (χ4n) is 1.49. The lowest BCUT2D eigenvalue weighted by Gasteiger charge is -2.05. The maximum Gasteiger partial charge on any atom is 0.277 e. The monoisotopic (exact) mass is 410 g/mol. The Morgan fingerprint density at radius 2 is 2.00 bits per heavy atom. The van der Waals surface area contributed by atoms with E-state index < -0.39 is 0 Å². The summed E-state index contributed by atoms with van der Waals surface area (Å²) in [4.78, 5) is 11.6. The average Bonchev–Trinajstić information content (AvgIpc) is 2.47. The highest BCUT2D eigenvalue weighted by Crippen LogP contribution is 2.17. The lowest BCUT2D eigenvalue weighted by Crippen LogP contribution is -2.24. The van der Waals surface area contributed by atoms with E-state index in [1.165, 1.54) is 0 Å². The van der Waals surface area contributed by atoms with Crippen LogP contribution in [0.3, 0.4) is 0 Å². The van der Waals surface area contributed by atoms with Crippen molar-refractivity contribution >= 4 is 44.0 Å². The molecule has 6 heteroatoms. The van der Waals surface area contributed by atoms with E-state index in [0.29, 0.717) is 5.75 Å². The number of carbonyl (C=O) groups is 1. The molecule has 0 spiro atoms. The van der Waals surface area contributed by atoms with E-state index in [0.717, 1.165) is 14.5 Å². The zero-order valence-electron chi connectivity index (χ0n) is 10.9. The summed E-state index contributed by atoms with van der Waals surface area (Å²) in [5, 5.41) is 3.89. The van der Waals surface area contributed by atoms with Crippen LogP contribution >= 0.6 is 31.9 Å². The lowest BCUT2D eigenvalue weighted by molar-refractivity contribution is -0.123. The molecule has 4 nitrogen and oxygen atoms in total. The number of nitrogens with one attached hydrogen (secondary N) is 1. The van der Waals surface area contributed by atoms with E-state index in [-0.39, 0.29) is 12.5 Å². The van der Waals surface area contributed by atoms with E-state index in [2.05, 4.69) is 42.4 Å². The van der Waals surface area contributed by atoms with E-state index in [1.54, 1.807) is 18.3 Å². The zero-order chi connectivity index (χ0) is 15.1. The highest BCUT2D eigenvalue weighted by atomic mass is 79.9. The summed E-state index contributed by atoms with van der Waals surface area (Å²) in [6.45, 7) is -0.0935. The van der Waals surface area contributed by atoms with E-state index in [1.807, 2.05) is 36.4 Å². The normalized spacial score (nSPS) is 10.6. The molecule has 0 fully saturated rings. The molecule has 2 aromatic rings. The minimum atomic E-state index is -0.321. The molecule has 21 heavy (non-hydrogen) atoms. The first-order valence-electron chi connectivity index (χ1n) is 6.10. The number of carbonyl (C=O) groups excluding carboxylic acids is 1. The predicted octanol–water partition coefficient (Wildman–Crippen LogP) is 3.74. The van der Waals surface area contributed by atoms with Crippen molar-refractivity contribution in [1.82, 2.24) is 5.43 Å². The number of nitrogens with zero attached hydrogens (tertiary/aromatic N) is 1. The van der Waals surface area contributed by atoms with Gasteiger partial charge in [0.25, 0.3) is 5.91 Å². The minimum absolute atomic E-state index is 0.0935. The Labute approximate surface area is 139 Å². The molecule has 0 atom stereocenters. The van der Waals surface area contributed by atoms with E-state index >= 15 is 0 Å². The molecule has 2 aromatic carbocycles. The summed E-state index contributed by atoms with van der Waals surface area (Å²) >= 11 is 6.73. The number of hydrazone groups is 1. The fourth-order valence-corrected chi connectivity index (χ4v) is 2.26. The Balaban J connectivity index is 1.81. The molecule has 1 N–H and O–H groups in total. The molecular formula is C15H12Br2N2O2. The fraction of sp³-hybridized carbons (Fsp3) is 0.0667. The number of amides is 1. The summed E-state index contributed by atoms with van der Waals surface area (Å²) in [6, 6.07) is 14.9. The molecule has 2 rings (SSSR count). The van der Waals surface area contributed by atoms with Crippen molar-refractivity contribution in [3.05, 3.63) is 63.0 Å². The van der Waals surface area contributed by atoms with Crippen LogP contribution < -0.4 is 10.2 Å². The number of hydrogen-bond acceptors (Lipinski definition) is 3. The van der Waals surface area contributed by atoms with Gasteiger partial charge in [0.1, 0.15) is 5.75 Å². The largest absolute Gasteiger partial charge is 0.484 e. The Morgan fingerprint density at radius 3 is 2.76 bits per heavy atom. The summed E-state index contributed by atoms with van der Waals surface area (Å²) in [5.74, 6) is 0.299. The van der Waals surface area contributed by atoms with Crippen LogP contribution in [-0.4, -0.2) is 18.7 Å². The van der Waals surface area contributed by atoms with Crippen molar-refractivity contribution in [3.63, 3.8) is 0 Å². The first-order chi connectivity index (χ1) is 10.1. The molecule has 0 saturated heterocycles. The Morgan fingerprint density at radius 1 is 1.19 bits per heavy atom. The maximum absolute atomic E-state index is 11.6. The van der Waals surface area contributed by atoms with Crippen LogP contribution in [0.15, 0.2) is 62.6 Å². The molecule has 0 aliphatic carbocycles. The Hall–Kier alpha value is -1.66. The van der Waals surface area contributed by atoms with Crippen molar-refractivity contribution < 1.29 is 9.53 Å². The van der Waals surface area contributed by atoms with Crippen molar-refractivity contribution in [2.75, 3.05) is 6.61 Å². The molecule has 0 unspecified atom stereocenters. The molecular weight excluding hydrogens is 400 g/mol. The molecule has 1 amide bonds. The molecule has 0 aromatic heterocycles. The molecule has 0 saturated carbocycles. The molecule has 0 radical (unpaired) electrons. The van der Waals surface area contributed by atoms with E-state index in [9.17, 15) is 4.79 Å². The highest BCUT2D eigenvalue weighted by molar-refractivity contribution is 9.10. The van der Waals surface area contributed by atoms with Crippen LogP contribution in [0.5, 0.6) is 5.75 Å². The average molecular weight is 412 g/mol. The molecule has 0 aliphatic rings. The van der Waals surface area contributed by atoms with Gasteiger partial charge in [-0.05, 0) is 24.3 Å². The Bertz CT molecular complexity index is 660. The third-order valence-corrected chi connectivity index (χ3v) is 3.68. The molecule has 0 aliphatic heterocycles. The second-order valence-electron chi connectivity index (χ2n) is 4.06. The topological polar surface area (TPSA) is 50.7 Å². The van der Waals surface area contributed by atoms with Crippen molar-refractivity contribution in [2.24, 2.45) is 5.10 Å². The van der Waals surface area contributed by atoms with Gasteiger partial charge in [-0.15, -0.1) is 0 Å². The van der Waals surface area contributed by atoms with Crippen LogP contribution in [0.2, 0.25) is 0 Å². The number of rotatable bonds is 5. The molecule has 108 valence electrons. The van der Waals surface area contributed by atoms with Crippen LogP contribution in [0.25, 0.3) is 0 Å². The van der Waals surface area contributed by atoms with E-state index in [4.69, 9.17) is 4.74 Å². The van der Waals surface area contributed by atoms with Crippen LogP contribution in [0.4, 0.5) is 0 Å². The van der Waals surface area contributed by atoms with Gasteiger partial charge >= 0.3 is 0 Å². The lowest BCUT2D eigenvalue weighted by atomic mass is 10.2. The van der Waals surface area contributed by atoms with Crippen molar-refractivity contribution in [2.45, 2.75) is 0 Å². The summed E-state index contributed by atoms with van der Waals surface area (Å²) in [6.07, 6.45) is 1.57. The zero-order valence-corrected chi connectivity index (χ0v) is 14.1. The van der Waals surface area contributed by atoms with Crippen LogP contribution in [0.1, 0.15) is 5.56 Å². The third kappa shape index (κ3) is 5.32. The first kappa shape index (κ1) is 15.7. The number of ether oxygens (including phenoxy) is 1. The first-order valence-corrected chi connectivity index (χ1v) is 7.68. The number of hydrogen-bond donors (Lipinski definition) is 1. The second-order valence-corrected chi connectivity index (χ2v) is 5.83. The molecule has 0 bridgehead atoms. The minimum Gasteiger partial charge on any atom is -0.484 e. The standard InChI is InChI=1S/C15H12Br2N2O2/c16-12-5-3-6-13(8-12)21-10-15(20)19-18-9-11-4-1-2-7-14(11)17/h1-9H,10H2,(H,19,20)/b18-9+. The predicted molar refractivity (Wildman–Crippen MR) is 89.5 cm³/mol. The quantitative estimate of drug-likeness (QED) is 0.601. The van der Waals surface area contributed by atoms with Gasteiger partial charge < -0.3 is 4.74 Å². The third-order valence-electron chi connectivity index (χ3n) is 2.46. The van der Waals surface area contributed by atoms with Gasteiger partial charge in [0, 0.05) is 14.5 Å². The molecule has 0 heterocycles. The van der Waals surface area contributed by atoms with Gasteiger partial charge in [-0.2, -0.15) is 5.10 Å². The van der Waals surface area contributed by atoms with Crippen molar-refractivity contribution in [3.8, 4) is 5.75 Å². The van der Waals surface area contributed by atoms with Gasteiger partial charge in [-0.1, -0.05) is 56.1 Å². The Kier molecular flexibility index (Phi) is 5.95. The highest BCUT2D eigenvalue weighted by Gasteiger charge is 2.02. The van der Waals surface area contributed by atoms with Gasteiger partial charge in [0.15, 0.2) is 6.61 Å². The van der Waals surface area contributed by atoms with Crippen molar-refractivity contribution in [1.29, 1.82) is 0 Å². The number of halogens is 2. The van der Waals surface area contributed by atoms with Crippen LogP contribution in [-0.2, 0) is 4.79 Å². The number of benzene rings is 2.